The molecule has 102 valence electrons. The van der Waals surface area contributed by atoms with E-state index in [0.717, 1.165) is 34.6 Å². The number of aromatic nitrogens is 1. The van der Waals surface area contributed by atoms with E-state index < -0.39 is 0 Å². The van der Waals surface area contributed by atoms with E-state index in [1.807, 2.05) is 6.07 Å². The van der Waals surface area contributed by atoms with Crippen LogP contribution < -0.4 is 0 Å². The van der Waals surface area contributed by atoms with Crippen LogP contribution in [-0.4, -0.2) is 23.0 Å². The molecule has 1 spiro atoms. The van der Waals surface area contributed by atoms with Crippen LogP contribution in [-0.2, 0) is 4.74 Å². The molecule has 0 amide bonds. The van der Waals surface area contributed by atoms with Gasteiger partial charge >= 0.3 is 0 Å². The van der Waals surface area contributed by atoms with E-state index in [1.165, 1.54) is 6.42 Å². The molecular formula is C14H15Br2NO2. The molecule has 3 nitrogen and oxygen atoms in total. The van der Waals surface area contributed by atoms with Gasteiger partial charge in [0.1, 0.15) is 5.69 Å². The zero-order chi connectivity index (χ0) is 13.5. The van der Waals surface area contributed by atoms with Gasteiger partial charge in [-0.2, -0.15) is 0 Å². The summed E-state index contributed by atoms with van der Waals surface area (Å²) in [5.74, 6) is 0.202. The second kappa shape index (κ2) is 5.26. The van der Waals surface area contributed by atoms with Crippen molar-refractivity contribution in [2.24, 2.45) is 5.92 Å². The van der Waals surface area contributed by atoms with Gasteiger partial charge in [-0.1, -0.05) is 0 Å². The van der Waals surface area contributed by atoms with Crippen LogP contribution in [0.5, 0.6) is 0 Å². The lowest BCUT2D eigenvalue weighted by Crippen LogP contribution is -2.47. The SMILES string of the molecule is O=C(c1ncc(Br)cc1Br)C1CCOC2(CCC2)C1. The predicted octanol–water partition coefficient (Wildman–Crippen LogP) is 4.14. The molecule has 1 saturated carbocycles. The number of halogens is 2. The average molecular weight is 389 g/mol. The number of ketones is 1. The number of carbonyl (C=O) groups excluding carboxylic acids is 1. The van der Waals surface area contributed by atoms with Crippen molar-refractivity contribution in [3.05, 3.63) is 26.9 Å². The van der Waals surface area contributed by atoms with Crippen LogP contribution in [0.3, 0.4) is 0 Å². The van der Waals surface area contributed by atoms with Crippen LogP contribution >= 0.6 is 31.9 Å². The van der Waals surface area contributed by atoms with Gasteiger partial charge in [0.05, 0.1) is 5.60 Å². The van der Waals surface area contributed by atoms with E-state index in [9.17, 15) is 4.79 Å². The highest BCUT2D eigenvalue weighted by atomic mass is 79.9. The van der Waals surface area contributed by atoms with Crippen molar-refractivity contribution < 1.29 is 9.53 Å². The molecule has 19 heavy (non-hydrogen) atoms. The third-order valence-electron chi connectivity index (χ3n) is 4.17. The molecule has 1 saturated heterocycles. The molecule has 2 fully saturated rings. The maximum Gasteiger partial charge on any atom is 0.185 e. The van der Waals surface area contributed by atoms with Gasteiger partial charge in [0.25, 0.3) is 0 Å². The average Bonchev–Trinajstić information content (AvgIpc) is 2.36. The normalized spacial score (nSPS) is 25.1. The van der Waals surface area contributed by atoms with Crippen LogP contribution in [0, 0.1) is 5.92 Å². The van der Waals surface area contributed by atoms with Crippen LogP contribution in [0.2, 0.25) is 0 Å². The summed E-state index contributed by atoms with van der Waals surface area (Å²) < 4.78 is 7.51. The van der Waals surface area contributed by atoms with Gasteiger partial charge in [-0.05, 0) is 70.0 Å². The number of hydrogen-bond acceptors (Lipinski definition) is 3. The van der Waals surface area contributed by atoms with Gasteiger partial charge in [0.15, 0.2) is 5.78 Å². The number of Topliss-reactive ketones (excluding diaryl/α,β-unsaturated/α-hetero) is 1. The molecule has 2 aliphatic rings. The van der Waals surface area contributed by atoms with Crippen molar-refractivity contribution in [1.82, 2.24) is 4.98 Å². The maximum absolute atomic E-state index is 12.6. The Morgan fingerprint density at radius 2 is 2.21 bits per heavy atom. The van der Waals surface area contributed by atoms with Crippen molar-refractivity contribution in [3.8, 4) is 0 Å². The lowest BCUT2D eigenvalue weighted by atomic mass is 9.71. The predicted molar refractivity (Wildman–Crippen MR) is 79.2 cm³/mol. The molecule has 0 aromatic carbocycles. The maximum atomic E-state index is 12.6. The molecule has 1 aromatic rings. The minimum Gasteiger partial charge on any atom is -0.375 e. The molecule has 0 radical (unpaired) electrons. The topological polar surface area (TPSA) is 39.2 Å². The molecule has 1 aromatic heterocycles. The highest BCUT2D eigenvalue weighted by Gasteiger charge is 2.44. The van der Waals surface area contributed by atoms with Crippen molar-refractivity contribution in [2.75, 3.05) is 6.61 Å². The summed E-state index contributed by atoms with van der Waals surface area (Å²) in [6.45, 7) is 0.699. The molecular weight excluding hydrogens is 374 g/mol. The smallest absolute Gasteiger partial charge is 0.185 e. The first-order valence-corrected chi connectivity index (χ1v) is 8.17. The number of pyridine rings is 1. The Labute approximate surface area is 129 Å². The zero-order valence-electron chi connectivity index (χ0n) is 10.5. The van der Waals surface area contributed by atoms with Gasteiger partial charge in [-0.25, -0.2) is 0 Å². The molecule has 3 rings (SSSR count). The van der Waals surface area contributed by atoms with Gasteiger partial charge in [0.2, 0.25) is 0 Å². The monoisotopic (exact) mass is 387 g/mol. The Morgan fingerprint density at radius 3 is 2.84 bits per heavy atom. The standard InChI is InChI=1S/C14H15Br2NO2/c15-10-6-11(16)12(17-8-10)13(18)9-2-5-19-14(7-9)3-1-4-14/h6,8-9H,1-5,7H2. The second-order valence-corrected chi connectivity index (χ2v) is 7.19. The Bertz CT molecular complexity index is 514. The van der Waals surface area contributed by atoms with Crippen LogP contribution in [0.15, 0.2) is 21.2 Å². The quantitative estimate of drug-likeness (QED) is 0.714. The third kappa shape index (κ3) is 2.65. The summed E-state index contributed by atoms with van der Waals surface area (Å²) in [5, 5.41) is 0. The van der Waals surface area contributed by atoms with E-state index in [2.05, 4.69) is 36.8 Å². The first-order chi connectivity index (χ1) is 9.10. The summed E-state index contributed by atoms with van der Waals surface area (Å²) in [4.78, 5) is 16.9. The Hall–Kier alpha value is -0.260. The molecule has 2 heterocycles. The molecule has 0 bridgehead atoms. The van der Waals surface area contributed by atoms with E-state index in [-0.39, 0.29) is 17.3 Å². The zero-order valence-corrected chi connectivity index (χ0v) is 13.7. The third-order valence-corrected chi connectivity index (χ3v) is 5.21. The van der Waals surface area contributed by atoms with Crippen LogP contribution in [0.4, 0.5) is 0 Å². The van der Waals surface area contributed by atoms with E-state index in [0.29, 0.717) is 12.3 Å². The lowest BCUT2D eigenvalue weighted by molar-refractivity contribution is -0.137. The highest BCUT2D eigenvalue weighted by molar-refractivity contribution is 9.11. The highest BCUT2D eigenvalue weighted by Crippen LogP contribution is 2.45. The summed E-state index contributed by atoms with van der Waals surface area (Å²) in [5.41, 5.74) is 0.546. The summed E-state index contributed by atoms with van der Waals surface area (Å²) in [6.07, 6.45) is 6.77. The number of ether oxygens (including phenoxy) is 1. The number of rotatable bonds is 2. The Kier molecular flexibility index (Phi) is 3.80. The lowest BCUT2D eigenvalue weighted by Gasteiger charge is -2.46. The van der Waals surface area contributed by atoms with Crippen molar-refractivity contribution >= 4 is 37.6 Å². The number of carbonyl (C=O) groups is 1. The number of nitrogens with zero attached hydrogens (tertiary/aromatic N) is 1. The Balaban J connectivity index is 1.79. The minimum atomic E-state index is 0.000413. The molecule has 1 aliphatic carbocycles. The van der Waals surface area contributed by atoms with Crippen LogP contribution in [0.25, 0.3) is 0 Å². The summed E-state index contributed by atoms with van der Waals surface area (Å²) in [6, 6.07) is 1.87. The van der Waals surface area contributed by atoms with Crippen molar-refractivity contribution in [2.45, 2.75) is 37.7 Å². The fourth-order valence-electron chi connectivity index (χ4n) is 2.96. The molecule has 1 unspecified atom stereocenters. The second-order valence-electron chi connectivity index (χ2n) is 5.42. The fourth-order valence-corrected chi connectivity index (χ4v) is 4.14. The summed E-state index contributed by atoms with van der Waals surface area (Å²) in [7, 11) is 0. The molecule has 5 heteroatoms. The van der Waals surface area contributed by atoms with E-state index in [4.69, 9.17) is 4.74 Å². The molecule has 0 N–H and O–H groups in total. The largest absolute Gasteiger partial charge is 0.375 e. The van der Waals surface area contributed by atoms with Gasteiger partial charge in [-0.15, -0.1) is 0 Å². The van der Waals surface area contributed by atoms with Crippen molar-refractivity contribution in [1.29, 1.82) is 0 Å². The van der Waals surface area contributed by atoms with Crippen molar-refractivity contribution in [3.63, 3.8) is 0 Å². The number of hydrogen-bond donors (Lipinski definition) is 0. The van der Waals surface area contributed by atoms with Gasteiger partial charge in [0, 0.05) is 27.7 Å². The van der Waals surface area contributed by atoms with E-state index in [1.54, 1.807) is 6.20 Å². The Morgan fingerprint density at radius 1 is 1.42 bits per heavy atom. The van der Waals surface area contributed by atoms with Gasteiger partial charge < -0.3 is 4.74 Å². The first-order valence-electron chi connectivity index (χ1n) is 6.59. The first kappa shape index (κ1) is 13.7. The van der Waals surface area contributed by atoms with Crippen LogP contribution in [0.1, 0.15) is 42.6 Å². The van der Waals surface area contributed by atoms with Gasteiger partial charge in [-0.3, -0.25) is 9.78 Å². The fraction of sp³-hybridized carbons (Fsp3) is 0.571. The van der Waals surface area contributed by atoms with E-state index >= 15 is 0 Å². The molecule has 1 atom stereocenters. The molecule has 1 aliphatic heterocycles. The summed E-state index contributed by atoms with van der Waals surface area (Å²) >= 11 is 6.79. The minimum absolute atomic E-state index is 0.000413.